The van der Waals surface area contributed by atoms with Crippen molar-refractivity contribution in [1.82, 2.24) is 0 Å². The van der Waals surface area contributed by atoms with Gasteiger partial charge in [-0.25, -0.2) is 0 Å². The molecule has 0 aromatic heterocycles. The molecule has 0 aliphatic heterocycles. The van der Waals surface area contributed by atoms with Crippen LogP contribution in [0, 0.1) is 45.3 Å². The van der Waals surface area contributed by atoms with Crippen LogP contribution in [0.1, 0.15) is 47.2 Å². The number of fused-ring (bicyclic) bond motifs is 4. The van der Waals surface area contributed by atoms with E-state index in [2.05, 4.69) is 36.4 Å². The summed E-state index contributed by atoms with van der Waals surface area (Å²) < 4.78 is 0. The Hall–Kier alpha value is -5.94. The van der Waals surface area contributed by atoms with E-state index >= 15 is 0 Å². The summed E-state index contributed by atoms with van der Waals surface area (Å²) in [7, 11) is 0. The monoisotopic (exact) mass is 508 g/mol. The third kappa shape index (κ3) is 3.50. The van der Waals surface area contributed by atoms with Crippen molar-refractivity contribution in [1.29, 1.82) is 21.0 Å². The second-order valence-corrected chi connectivity index (χ2v) is 9.81. The molecule has 0 bridgehead atoms. The molecule has 0 unspecified atom stereocenters. The van der Waals surface area contributed by atoms with Gasteiger partial charge in [0.25, 0.3) is 0 Å². The number of hydrogen-bond acceptors (Lipinski definition) is 4. The van der Waals surface area contributed by atoms with E-state index in [1.54, 1.807) is 24.3 Å². The van der Waals surface area contributed by atoms with Crippen molar-refractivity contribution in [2.24, 2.45) is 0 Å². The number of hydrogen-bond donors (Lipinski definition) is 0. The molecular weight excluding hydrogens is 488 g/mol. The van der Waals surface area contributed by atoms with Gasteiger partial charge in [-0.3, -0.25) is 0 Å². The third-order valence-electron chi connectivity index (χ3n) is 7.65. The fraction of sp³-hybridized carbons (Fsp3) is 0.0556. The van der Waals surface area contributed by atoms with Crippen molar-refractivity contribution in [3.8, 4) is 46.5 Å². The van der Waals surface area contributed by atoms with E-state index in [1.807, 2.05) is 62.4 Å². The molecule has 184 valence electrons. The van der Waals surface area contributed by atoms with Crippen LogP contribution in [0.15, 0.2) is 96.1 Å². The van der Waals surface area contributed by atoms with Crippen LogP contribution in [-0.4, -0.2) is 0 Å². The normalized spacial score (nSPS) is 15.2. The molecule has 2 aliphatic rings. The van der Waals surface area contributed by atoms with Gasteiger partial charge in [-0.15, -0.1) is 0 Å². The van der Waals surface area contributed by atoms with E-state index in [9.17, 15) is 21.0 Å². The van der Waals surface area contributed by atoms with Crippen LogP contribution in [0.2, 0.25) is 0 Å². The number of rotatable bonds is 2. The zero-order chi connectivity index (χ0) is 28.0. The lowest BCUT2D eigenvalue weighted by Gasteiger charge is -2.19. The second-order valence-electron chi connectivity index (χ2n) is 9.81. The zero-order valence-corrected chi connectivity index (χ0v) is 21.9. The quantitative estimate of drug-likeness (QED) is 0.254. The molecule has 4 nitrogen and oxygen atoms in total. The third-order valence-corrected chi connectivity index (χ3v) is 7.65. The van der Waals surface area contributed by atoms with Crippen LogP contribution in [0.5, 0.6) is 0 Å². The van der Waals surface area contributed by atoms with Gasteiger partial charge in [0.1, 0.15) is 0 Å². The van der Waals surface area contributed by atoms with E-state index in [-0.39, 0.29) is 0 Å². The van der Waals surface area contributed by atoms with Crippen molar-refractivity contribution in [2.75, 3.05) is 0 Å². The highest BCUT2D eigenvalue weighted by Crippen LogP contribution is 2.61. The van der Waals surface area contributed by atoms with Crippen molar-refractivity contribution < 1.29 is 0 Å². The first-order valence-corrected chi connectivity index (χ1v) is 12.8. The minimum absolute atomic E-state index is 0.583. The summed E-state index contributed by atoms with van der Waals surface area (Å²) in [6, 6.07) is 36.3. The first-order chi connectivity index (χ1) is 19.5. The van der Waals surface area contributed by atoms with Crippen molar-refractivity contribution in [2.45, 2.75) is 13.8 Å². The number of nitriles is 4. The average molecular weight is 509 g/mol. The van der Waals surface area contributed by atoms with Crippen LogP contribution >= 0.6 is 0 Å². The van der Waals surface area contributed by atoms with Crippen LogP contribution < -0.4 is 0 Å². The van der Waals surface area contributed by atoms with E-state index < -0.39 is 0 Å². The molecular formula is C36H20N4. The minimum Gasteiger partial charge on any atom is -0.193 e. The molecule has 40 heavy (non-hydrogen) atoms. The number of allylic oxidation sites excluding steroid dienone is 6. The van der Waals surface area contributed by atoms with Gasteiger partial charge < -0.3 is 0 Å². The highest BCUT2D eigenvalue weighted by Gasteiger charge is 2.40. The fourth-order valence-electron chi connectivity index (χ4n) is 5.89. The van der Waals surface area contributed by atoms with Crippen LogP contribution in [0.4, 0.5) is 0 Å². The fourth-order valence-corrected chi connectivity index (χ4v) is 5.89. The van der Waals surface area contributed by atoms with E-state index in [0.717, 1.165) is 66.8 Å². The summed E-state index contributed by atoms with van der Waals surface area (Å²) in [5.74, 6) is 0. The van der Waals surface area contributed by atoms with Crippen molar-refractivity contribution >= 4 is 22.3 Å². The van der Waals surface area contributed by atoms with Gasteiger partial charge in [0.2, 0.25) is 0 Å². The summed E-state index contributed by atoms with van der Waals surface area (Å²) >= 11 is 0. The van der Waals surface area contributed by atoms with Crippen LogP contribution in [0.3, 0.4) is 0 Å². The molecule has 0 atom stereocenters. The average Bonchev–Trinajstić information content (AvgIpc) is 3.53. The molecule has 4 aromatic rings. The molecule has 2 aliphatic carbocycles. The van der Waals surface area contributed by atoms with Crippen molar-refractivity contribution in [3.05, 3.63) is 129 Å². The maximum Gasteiger partial charge on any atom is 0.0991 e. The number of nitrogens with zero attached hydrogens (tertiary/aromatic N) is 4. The summed E-state index contributed by atoms with van der Waals surface area (Å²) in [5.41, 5.74) is 13.8. The molecule has 0 fully saturated rings. The maximum atomic E-state index is 10.2. The maximum absolute atomic E-state index is 10.2. The van der Waals surface area contributed by atoms with Gasteiger partial charge in [0.05, 0.1) is 35.4 Å². The predicted molar refractivity (Wildman–Crippen MR) is 156 cm³/mol. The van der Waals surface area contributed by atoms with E-state index in [1.165, 1.54) is 0 Å². The predicted octanol–water partition coefficient (Wildman–Crippen LogP) is 8.30. The summed E-state index contributed by atoms with van der Waals surface area (Å²) in [5, 5.41) is 38.9. The molecule has 0 N–H and O–H groups in total. The molecule has 0 amide bonds. The molecule has 0 heterocycles. The Morgan fingerprint density at radius 3 is 1.15 bits per heavy atom. The minimum atomic E-state index is 0.583. The molecule has 4 heteroatoms. The van der Waals surface area contributed by atoms with Crippen LogP contribution in [-0.2, 0) is 0 Å². The largest absolute Gasteiger partial charge is 0.193 e. The smallest absolute Gasteiger partial charge is 0.0991 e. The molecule has 0 radical (unpaired) electrons. The van der Waals surface area contributed by atoms with E-state index in [4.69, 9.17) is 0 Å². The van der Waals surface area contributed by atoms with Crippen LogP contribution in [0.25, 0.3) is 44.5 Å². The van der Waals surface area contributed by atoms with Gasteiger partial charge in [-0.1, -0.05) is 60.7 Å². The topological polar surface area (TPSA) is 95.2 Å². The Bertz CT molecular complexity index is 1870. The first kappa shape index (κ1) is 24.4. The lowest BCUT2D eigenvalue weighted by atomic mass is 9.83. The van der Waals surface area contributed by atoms with Gasteiger partial charge in [0, 0.05) is 22.3 Å². The lowest BCUT2D eigenvalue weighted by molar-refractivity contribution is 1.42. The van der Waals surface area contributed by atoms with E-state index in [0.29, 0.717) is 22.3 Å². The molecule has 6 rings (SSSR count). The Labute approximate surface area is 232 Å². The Balaban J connectivity index is 1.67. The highest BCUT2D eigenvalue weighted by molar-refractivity contribution is 6.39. The van der Waals surface area contributed by atoms with Gasteiger partial charge >= 0.3 is 0 Å². The van der Waals surface area contributed by atoms with Crippen molar-refractivity contribution in [3.63, 3.8) is 0 Å². The lowest BCUT2D eigenvalue weighted by Crippen LogP contribution is -1.99. The zero-order valence-electron chi connectivity index (χ0n) is 21.9. The summed E-state index contributed by atoms with van der Waals surface area (Å²) in [4.78, 5) is 0. The molecule has 0 spiro atoms. The van der Waals surface area contributed by atoms with Gasteiger partial charge in [0.15, 0.2) is 0 Å². The number of benzene rings is 4. The molecule has 4 aromatic carbocycles. The SMILES string of the molecule is C/C(C#N)=C1C2=C(/C(=C(/C)C#N)c3c2cccc3-c2ccc(C#N)cc2)c2cccc(-c3ccc(C#N)cc3)c2/1. The Morgan fingerprint density at radius 1 is 0.475 bits per heavy atom. The standard InChI is InChI=1S/C36H20N4/c1-21(17-37)31-33-27(25-13-9-23(19-39)10-14-25)5-3-7-29(33)36-32(22(2)18-38)34-28(6-4-8-30(34)35(31)36)26-15-11-24(20-40)12-16-26/h3-16H,1-2H3/b31-21-,32-22-. The molecule has 0 saturated carbocycles. The van der Waals surface area contributed by atoms with Gasteiger partial charge in [-0.05, 0) is 93.8 Å². The van der Waals surface area contributed by atoms with Gasteiger partial charge in [-0.2, -0.15) is 21.0 Å². The Morgan fingerprint density at radius 2 is 0.825 bits per heavy atom. The highest BCUT2D eigenvalue weighted by atomic mass is 14.4. The first-order valence-electron chi connectivity index (χ1n) is 12.8. The summed E-state index contributed by atoms with van der Waals surface area (Å²) in [6.45, 7) is 3.68. The molecule has 0 saturated heterocycles. The second kappa shape index (κ2) is 9.42. The summed E-state index contributed by atoms with van der Waals surface area (Å²) in [6.07, 6.45) is 0. The Kier molecular flexibility index (Phi) is 5.75.